The molecule has 1 N–H and O–H groups in total. The van der Waals surface area contributed by atoms with Crippen LogP contribution in [0.5, 0.6) is 0 Å². The zero-order chi connectivity index (χ0) is 19.3. The van der Waals surface area contributed by atoms with Crippen molar-refractivity contribution in [1.29, 1.82) is 0 Å². The number of carbonyl (C=O) groups excluding carboxylic acids is 1. The van der Waals surface area contributed by atoms with E-state index in [1.54, 1.807) is 36.0 Å². The molecule has 0 aliphatic heterocycles. The summed E-state index contributed by atoms with van der Waals surface area (Å²) in [5, 5.41) is 4.32. The maximum Gasteiger partial charge on any atom is 0.274 e. The number of carbonyl (C=O) groups is 1. The van der Waals surface area contributed by atoms with E-state index < -0.39 is 28.3 Å². The number of nitrogens with zero attached hydrogens (tertiary/aromatic N) is 2. The lowest BCUT2D eigenvalue weighted by Gasteiger charge is -2.23. The number of hydrogen-bond acceptors (Lipinski definition) is 5. The maximum absolute atomic E-state index is 13.2. The molecule has 0 aliphatic carbocycles. The number of nitrogens with one attached hydrogen (secondary N) is 1. The molecule has 140 valence electrons. The predicted molar refractivity (Wildman–Crippen MR) is 101 cm³/mol. The molecule has 0 radical (unpaired) electrons. The number of halogens is 1. The molecule has 0 saturated heterocycles. The van der Waals surface area contributed by atoms with Crippen LogP contribution in [0.25, 0.3) is 0 Å². The zero-order valence-electron chi connectivity index (χ0n) is 14.1. The summed E-state index contributed by atoms with van der Waals surface area (Å²) in [4.78, 5) is 16.3. The fourth-order valence-corrected chi connectivity index (χ4v) is 4.85. The molecule has 6 nitrogen and oxygen atoms in total. The van der Waals surface area contributed by atoms with Gasteiger partial charge in [0.15, 0.2) is 0 Å². The van der Waals surface area contributed by atoms with Crippen molar-refractivity contribution in [2.45, 2.75) is 10.8 Å². The Labute approximate surface area is 160 Å². The third-order valence-electron chi connectivity index (χ3n) is 3.68. The second-order valence-electron chi connectivity index (χ2n) is 5.55. The first-order chi connectivity index (χ1) is 13.0. The number of pyridine rings is 1. The summed E-state index contributed by atoms with van der Waals surface area (Å²) < 4.78 is 40.2. The van der Waals surface area contributed by atoms with Gasteiger partial charge in [-0.25, -0.2) is 12.8 Å². The third kappa shape index (κ3) is 4.69. The Balaban J connectivity index is 1.82. The summed E-state index contributed by atoms with van der Waals surface area (Å²) in [6.45, 7) is -0.172. The number of amides is 1. The van der Waals surface area contributed by atoms with Gasteiger partial charge in [-0.1, -0.05) is 6.07 Å². The monoisotopic (exact) mass is 405 g/mol. The lowest BCUT2D eigenvalue weighted by atomic mass is 10.2. The Morgan fingerprint density at radius 3 is 2.44 bits per heavy atom. The van der Waals surface area contributed by atoms with Crippen LogP contribution in [0.2, 0.25) is 0 Å². The number of thiophene rings is 1. The molecule has 0 aliphatic rings. The predicted octanol–water partition coefficient (Wildman–Crippen LogP) is 2.79. The zero-order valence-corrected chi connectivity index (χ0v) is 15.7. The number of hydrogen-bond donors (Lipinski definition) is 1. The number of aromatic nitrogens is 1. The first kappa shape index (κ1) is 19.0. The molecule has 0 spiro atoms. The quantitative estimate of drug-likeness (QED) is 0.656. The van der Waals surface area contributed by atoms with Crippen LogP contribution >= 0.6 is 11.3 Å². The molecule has 0 unspecified atom stereocenters. The molecule has 2 aromatic heterocycles. The van der Waals surface area contributed by atoms with Gasteiger partial charge in [0, 0.05) is 18.9 Å². The van der Waals surface area contributed by atoms with Gasteiger partial charge >= 0.3 is 0 Å². The van der Waals surface area contributed by atoms with Gasteiger partial charge in [-0.3, -0.25) is 14.1 Å². The molecule has 0 bridgehead atoms. The van der Waals surface area contributed by atoms with Crippen LogP contribution in [0.3, 0.4) is 0 Å². The van der Waals surface area contributed by atoms with E-state index in [0.29, 0.717) is 0 Å². The molecule has 2 heterocycles. The summed E-state index contributed by atoms with van der Waals surface area (Å²) in [5.74, 6) is -0.967. The number of sulfonamides is 1. The minimum absolute atomic E-state index is 0.105. The largest absolute Gasteiger partial charge is 0.350 e. The molecule has 0 saturated carbocycles. The van der Waals surface area contributed by atoms with Crippen molar-refractivity contribution < 1.29 is 17.6 Å². The highest BCUT2D eigenvalue weighted by Gasteiger charge is 2.28. The van der Waals surface area contributed by atoms with Crippen molar-refractivity contribution in [1.82, 2.24) is 10.3 Å². The Morgan fingerprint density at radius 1 is 1.11 bits per heavy atom. The van der Waals surface area contributed by atoms with Gasteiger partial charge in [-0.05, 0) is 53.4 Å². The SMILES string of the molecule is O=C(CN(c1ccc(F)cc1)S(=O)(=O)c1cccs1)NCc1ccncc1. The van der Waals surface area contributed by atoms with Crippen molar-refractivity contribution in [2.75, 3.05) is 10.8 Å². The van der Waals surface area contributed by atoms with Crippen LogP contribution < -0.4 is 9.62 Å². The highest BCUT2D eigenvalue weighted by molar-refractivity contribution is 7.94. The van der Waals surface area contributed by atoms with E-state index in [4.69, 9.17) is 0 Å². The standard InChI is InChI=1S/C18H16FN3O3S2/c19-15-3-5-16(6-4-15)22(27(24,25)18-2-1-11-26-18)13-17(23)21-12-14-7-9-20-10-8-14/h1-11H,12-13H2,(H,21,23). The molecule has 3 rings (SSSR count). The fourth-order valence-electron chi connectivity index (χ4n) is 2.33. The van der Waals surface area contributed by atoms with E-state index in [9.17, 15) is 17.6 Å². The molecule has 27 heavy (non-hydrogen) atoms. The molecule has 0 fully saturated rings. The van der Waals surface area contributed by atoms with Crippen molar-refractivity contribution in [3.8, 4) is 0 Å². The molecule has 1 aromatic carbocycles. The van der Waals surface area contributed by atoms with Crippen molar-refractivity contribution in [2.24, 2.45) is 0 Å². The molecular weight excluding hydrogens is 389 g/mol. The topological polar surface area (TPSA) is 79.4 Å². The Hall–Kier alpha value is -2.78. The third-order valence-corrected chi connectivity index (χ3v) is 6.83. The van der Waals surface area contributed by atoms with Crippen LogP contribution in [0, 0.1) is 5.82 Å². The summed E-state index contributed by atoms with van der Waals surface area (Å²) in [5.41, 5.74) is 1.05. The van der Waals surface area contributed by atoms with Gasteiger partial charge in [0.2, 0.25) is 5.91 Å². The van der Waals surface area contributed by atoms with Crippen LogP contribution in [0.1, 0.15) is 5.56 Å². The fraction of sp³-hybridized carbons (Fsp3) is 0.111. The van der Waals surface area contributed by atoms with Gasteiger partial charge in [-0.15, -0.1) is 11.3 Å². The molecule has 9 heteroatoms. The van der Waals surface area contributed by atoms with Gasteiger partial charge < -0.3 is 5.32 Å². The first-order valence-corrected chi connectivity index (χ1v) is 10.3. The molecular formula is C18H16FN3O3S2. The lowest BCUT2D eigenvalue weighted by Crippen LogP contribution is -2.40. The Morgan fingerprint density at radius 2 is 1.81 bits per heavy atom. The van der Waals surface area contributed by atoms with E-state index in [1.165, 1.54) is 18.2 Å². The summed E-state index contributed by atoms with van der Waals surface area (Å²) in [7, 11) is -3.94. The van der Waals surface area contributed by atoms with Crippen LogP contribution in [-0.2, 0) is 21.4 Å². The van der Waals surface area contributed by atoms with Gasteiger partial charge in [0.25, 0.3) is 10.0 Å². The smallest absolute Gasteiger partial charge is 0.274 e. The van der Waals surface area contributed by atoms with Crippen LogP contribution in [0.4, 0.5) is 10.1 Å². The summed E-state index contributed by atoms with van der Waals surface area (Å²) in [6.07, 6.45) is 3.21. The van der Waals surface area contributed by atoms with Gasteiger partial charge in [-0.2, -0.15) is 0 Å². The van der Waals surface area contributed by atoms with E-state index in [2.05, 4.69) is 10.3 Å². The van der Waals surface area contributed by atoms with Crippen LogP contribution in [0.15, 0.2) is 70.5 Å². The Bertz CT molecular complexity index is 992. The highest BCUT2D eigenvalue weighted by atomic mass is 32.2. The molecule has 0 atom stereocenters. The number of benzene rings is 1. The van der Waals surface area contributed by atoms with Crippen LogP contribution in [-0.4, -0.2) is 25.9 Å². The minimum atomic E-state index is -3.94. The van der Waals surface area contributed by atoms with Crippen molar-refractivity contribution in [3.63, 3.8) is 0 Å². The Kier molecular flexibility index (Phi) is 5.82. The average Bonchev–Trinajstić information content (AvgIpc) is 3.22. The van der Waals surface area contributed by atoms with E-state index in [-0.39, 0.29) is 16.4 Å². The van der Waals surface area contributed by atoms with E-state index >= 15 is 0 Å². The summed E-state index contributed by atoms with van der Waals surface area (Å²) in [6, 6.07) is 11.5. The lowest BCUT2D eigenvalue weighted by molar-refractivity contribution is -0.119. The second kappa shape index (κ2) is 8.28. The van der Waals surface area contributed by atoms with Gasteiger partial charge in [0.1, 0.15) is 16.6 Å². The van der Waals surface area contributed by atoms with E-state index in [0.717, 1.165) is 33.3 Å². The normalized spacial score (nSPS) is 11.1. The number of rotatable bonds is 7. The van der Waals surface area contributed by atoms with E-state index in [1.807, 2.05) is 0 Å². The average molecular weight is 405 g/mol. The van der Waals surface area contributed by atoms with Crippen molar-refractivity contribution in [3.05, 3.63) is 77.7 Å². The van der Waals surface area contributed by atoms with Crippen molar-refractivity contribution >= 4 is 33.0 Å². The van der Waals surface area contributed by atoms with Gasteiger partial charge in [0.05, 0.1) is 5.69 Å². The second-order valence-corrected chi connectivity index (χ2v) is 8.59. The molecule has 1 amide bonds. The first-order valence-electron chi connectivity index (χ1n) is 7.94. The number of anilines is 1. The molecule has 3 aromatic rings. The minimum Gasteiger partial charge on any atom is -0.350 e. The highest BCUT2D eigenvalue weighted by Crippen LogP contribution is 2.26. The maximum atomic E-state index is 13.2. The summed E-state index contributed by atoms with van der Waals surface area (Å²) >= 11 is 1.05.